The summed E-state index contributed by atoms with van der Waals surface area (Å²) >= 11 is 0. The highest BCUT2D eigenvalue weighted by molar-refractivity contribution is 5.78. The van der Waals surface area contributed by atoms with Gasteiger partial charge in [0.1, 0.15) is 0 Å². The molecule has 0 spiro atoms. The smallest absolute Gasteiger partial charge is 0.236 e. The van der Waals surface area contributed by atoms with Crippen LogP contribution in [0.4, 0.5) is 0 Å². The van der Waals surface area contributed by atoms with Crippen molar-refractivity contribution >= 4 is 5.91 Å². The van der Waals surface area contributed by atoms with Gasteiger partial charge in [0, 0.05) is 12.6 Å². The quantitative estimate of drug-likeness (QED) is 0.858. The van der Waals surface area contributed by atoms with Crippen LogP contribution in [0.25, 0.3) is 0 Å². The first-order chi connectivity index (χ1) is 9.72. The summed E-state index contributed by atoms with van der Waals surface area (Å²) in [7, 11) is 0. The van der Waals surface area contributed by atoms with Gasteiger partial charge in [-0.15, -0.1) is 0 Å². The summed E-state index contributed by atoms with van der Waals surface area (Å²) in [6.07, 6.45) is 7.30. The zero-order valence-electron chi connectivity index (χ0n) is 12.5. The molecule has 0 atom stereocenters. The van der Waals surface area contributed by atoms with Crippen molar-refractivity contribution in [2.45, 2.75) is 58.0 Å². The van der Waals surface area contributed by atoms with Crippen molar-refractivity contribution in [1.82, 2.24) is 4.90 Å². The van der Waals surface area contributed by atoms with Gasteiger partial charge in [-0.25, -0.2) is 0 Å². The average molecular weight is 274 g/mol. The second-order valence-electron chi connectivity index (χ2n) is 5.80. The third-order valence-corrected chi connectivity index (χ3v) is 4.36. The third-order valence-electron chi connectivity index (χ3n) is 4.36. The zero-order valence-corrected chi connectivity index (χ0v) is 12.5. The van der Waals surface area contributed by atoms with Gasteiger partial charge in [0.05, 0.1) is 6.54 Å². The predicted molar refractivity (Wildman–Crippen MR) is 82.3 cm³/mol. The summed E-state index contributed by atoms with van der Waals surface area (Å²) < 4.78 is 0. The van der Waals surface area contributed by atoms with E-state index < -0.39 is 0 Å². The highest BCUT2D eigenvalue weighted by Crippen LogP contribution is 2.24. The van der Waals surface area contributed by atoms with Gasteiger partial charge in [-0.05, 0) is 30.9 Å². The molecule has 1 aliphatic rings. The second-order valence-corrected chi connectivity index (χ2v) is 5.80. The van der Waals surface area contributed by atoms with Gasteiger partial charge >= 0.3 is 0 Å². The third kappa shape index (κ3) is 3.83. The van der Waals surface area contributed by atoms with Gasteiger partial charge in [0.25, 0.3) is 0 Å². The topological polar surface area (TPSA) is 46.3 Å². The van der Waals surface area contributed by atoms with E-state index >= 15 is 0 Å². The summed E-state index contributed by atoms with van der Waals surface area (Å²) in [5, 5.41) is 0. The molecule has 1 aliphatic carbocycles. The fraction of sp³-hybridized carbons (Fsp3) is 0.588. The van der Waals surface area contributed by atoms with Gasteiger partial charge in [-0.1, -0.05) is 49.9 Å². The lowest BCUT2D eigenvalue weighted by Gasteiger charge is -2.31. The molecule has 1 amide bonds. The van der Waals surface area contributed by atoms with Crippen molar-refractivity contribution in [3.63, 3.8) is 0 Å². The molecule has 0 radical (unpaired) electrons. The van der Waals surface area contributed by atoms with E-state index in [2.05, 4.69) is 19.1 Å². The first-order valence-electron chi connectivity index (χ1n) is 7.76. The molecule has 0 unspecified atom stereocenters. The van der Waals surface area contributed by atoms with Crippen LogP contribution >= 0.6 is 0 Å². The van der Waals surface area contributed by atoms with Crippen LogP contribution in [0.15, 0.2) is 24.3 Å². The number of aryl methyl sites for hydroxylation is 1. The lowest BCUT2D eigenvalue weighted by Crippen LogP contribution is -2.43. The first-order valence-corrected chi connectivity index (χ1v) is 7.76. The van der Waals surface area contributed by atoms with Crippen LogP contribution in [0.5, 0.6) is 0 Å². The lowest BCUT2D eigenvalue weighted by atomic mass is 10.0. The van der Waals surface area contributed by atoms with Crippen molar-refractivity contribution in [2.24, 2.45) is 5.73 Å². The molecule has 2 N–H and O–H groups in total. The Bertz CT molecular complexity index is 436. The SMILES string of the molecule is Cc1ccccc1CN(C(=O)CN)C1CCCCCC1. The average Bonchev–Trinajstić information content (AvgIpc) is 2.74. The number of nitrogens with two attached hydrogens (primary N) is 1. The summed E-state index contributed by atoms with van der Waals surface area (Å²) in [5.41, 5.74) is 8.10. The van der Waals surface area contributed by atoms with E-state index in [1.54, 1.807) is 0 Å². The molecule has 1 saturated carbocycles. The molecule has 0 bridgehead atoms. The number of nitrogens with zero attached hydrogens (tertiary/aromatic N) is 1. The van der Waals surface area contributed by atoms with Crippen molar-refractivity contribution in [3.05, 3.63) is 35.4 Å². The maximum absolute atomic E-state index is 12.2. The molecule has 3 nitrogen and oxygen atoms in total. The standard InChI is InChI=1S/C17H26N2O/c1-14-8-6-7-9-15(14)13-19(17(20)12-18)16-10-4-2-3-5-11-16/h6-9,16H,2-5,10-13,18H2,1H3. The van der Waals surface area contributed by atoms with Crippen LogP contribution in [0.3, 0.4) is 0 Å². The highest BCUT2D eigenvalue weighted by Gasteiger charge is 2.24. The van der Waals surface area contributed by atoms with Crippen molar-refractivity contribution in [3.8, 4) is 0 Å². The van der Waals surface area contributed by atoms with Crippen LogP contribution in [-0.2, 0) is 11.3 Å². The number of carbonyl (C=O) groups excluding carboxylic acids is 1. The van der Waals surface area contributed by atoms with Gasteiger partial charge < -0.3 is 10.6 Å². The Kier molecular flexibility index (Phi) is 5.60. The Balaban J connectivity index is 2.14. The number of hydrogen-bond acceptors (Lipinski definition) is 2. The van der Waals surface area contributed by atoms with E-state index in [0.717, 1.165) is 12.8 Å². The number of benzene rings is 1. The zero-order chi connectivity index (χ0) is 14.4. The minimum Gasteiger partial charge on any atom is -0.334 e. The molecule has 1 aromatic carbocycles. The molecule has 3 heteroatoms. The molecule has 110 valence electrons. The maximum Gasteiger partial charge on any atom is 0.236 e. The van der Waals surface area contributed by atoms with Gasteiger partial charge in [-0.2, -0.15) is 0 Å². The van der Waals surface area contributed by atoms with Gasteiger partial charge in [0.2, 0.25) is 5.91 Å². The summed E-state index contributed by atoms with van der Waals surface area (Å²) in [4.78, 5) is 14.3. The van der Waals surface area contributed by atoms with Gasteiger partial charge in [-0.3, -0.25) is 4.79 Å². The lowest BCUT2D eigenvalue weighted by molar-refractivity contribution is -0.133. The van der Waals surface area contributed by atoms with Crippen LogP contribution in [0.2, 0.25) is 0 Å². The van der Waals surface area contributed by atoms with E-state index in [0.29, 0.717) is 12.6 Å². The Morgan fingerprint density at radius 1 is 1.20 bits per heavy atom. The Hall–Kier alpha value is -1.35. The summed E-state index contributed by atoms with van der Waals surface area (Å²) in [6, 6.07) is 8.67. The van der Waals surface area contributed by atoms with Crippen LogP contribution < -0.4 is 5.73 Å². The summed E-state index contributed by atoms with van der Waals surface area (Å²) in [6.45, 7) is 2.92. The molecule has 20 heavy (non-hydrogen) atoms. The minimum absolute atomic E-state index is 0.0835. The van der Waals surface area contributed by atoms with Crippen molar-refractivity contribution in [1.29, 1.82) is 0 Å². The maximum atomic E-state index is 12.2. The molecule has 1 fully saturated rings. The van der Waals surface area contributed by atoms with Gasteiger partial charge in [0.15, 0.2) is 0 Å². The van der Waals surface area contributed by atoms with E-state index in [9.17, 15) is 4.79 Å². The molecular formula is C17H26N2O. The van der Waals surface area contributed by atoms with E-state index in [-0.39, 0.29) is 12.5 Å². The molecule has 0 heterocycles. The Morgan fingerprint density at radius 3 is 2.45 bits per heavy atom. The van der Waals surface area contributed by atoms with E-state index in [1.165, 1.54) is 36.8 Å². The first kappa shape index (κ1) is 15.0. The van der Waals surface area contributed by atoms with Crippen LogP contribution in [0, 0.1) is 6.92 Å². The Labute approximate surface area is 122 Å². The molecule has 0 saturated heterocycles. The van der Waals surface area contributed by atoms with Crippen LogP contribution in [0.1, 0.15) is 49.7 Å². The molecule has 0 aromatic heterocycles. The number of carbonyl (C=O) groups is 1. The van der Waals surface area contributed by atoms with E-state index in [1.807, 2.05) is 17.0 Å². The molecule has 0 aliphatic heterocycles. The van der Waals surface area contributed by atoms with Crippen molar-refractivity contribution < 1.29 is 4.79 Å². The van der Waals surface area contributed by atoms with E-state index in [4.69, 9.17) is 5.73 Å². The number of rotatable bonds is 4. The molecule has 1 aromatic rings. The van der Waals surface area contributed by atoms with Crippen LogP contribution in [-0.4, -0.2) is 23.4 Å². The largest absolute Gasteiger partial charge is 0.334 e. The number of amides is 1. The molecular weight excluding hydrogens is 248 g/mol. The summed E-state index contributed by atoms with van der Waals surface area (Å²) in [5.74, 6) is 0.0835. The Morgan fingerprint density at radius 2 is 1.85 bits per heavy atom. The second kappa shape index (κ2) is 7.44. The predicted octanol–water partition coefficient (Wildman–Crippen LogP) is 3.01. The molecule has 2 rings (SSSR count). The minimum atomic E-state index is 0.0835. The normalized spacial score (nSPS) is 16.7. The fourth-order valence-corrected chi connectivity index (χ4v) is 3.08. The highest BCUT2D eigenvalue weighted by atomic mass is 16.2. The number of hydrogen-bond donors (Lipinski definition) is 1. The monoisotopic (exact) mass is 274 g/mol. The fourth-order valence-electron chi connectivity index (χ4n) is 3.08. The van der Waals surface area contributed by atoms with Crippen molar-refractivity contribution in [2.75, 3.05) is 6.54 Å².